The predicted molar refractivity (Wildman–Crippen MR) is 53.2 cm³/mol. The van der Waals surface area contributed by atoms with Crippen LogP contribution in [0.1, 0.15) is 45.4 Å². The van der Waals surface area contributed by atoms with Gasteiger partial charge in [-0.1, -0.05) is 39.0 Å². The van der Waals surface area contributed by atoms with Gasteiger partial charge < -0.3 is 4.57 Å². The zero-order valence-corrected chi connectivity index (χ0v) is 8.86. The molecule has 0 aliphatic rings. The van der Waals surface area contributed by atoms with Crippen molar-refractivity contribution in [2.75, 3.05) is 12.8 Å². The first-order valence-corrected chi connectivity index (χ1v) is 6.88. The molecular weight excluding hydrogens is 155 g/mol. The van der Waals surface area contributed by atoms with Gasteiger partial charge in [0.05, 0.1) is 7.80 Å². The predicted octanol–water partition coefficient (Wildman–Crippen LogP) is 3.54. The Bertz CT molecular complexity index is 102. The van der Waals surface area contributed by atoms with Gasteiger partial charge in [0.1, 0.15) is 0 Å². The van der Waals surface area contributed by atoms with E-state index in [4.69, 9.17) is 0 Å². The first-order valence-electron chi connectivity index (χ1n) is 4.76. The van der Waals surface area contributed by atoms with Crippen molar-refractivity contribution in [3.63, 3.8) is 0 Å². The van der Waals surface area contributed by atoms with Crippen LogP contribution in [0.5, 0.6) is 0 Å². The summed E-state index contributed by atoms with van der Waals surface area (Å²) in [4.78, 5) is 0. The second-order valence-electron chi connectivity index (χ2n) is 3.22. The Morgan fingerprint density at radius 3 is 2.09 bits per heavy atom. The van der Waals surface area contributed by atoms with Crippen molar-refractivity contribution >= 4 is 7.80 Å². The molecule has 1 nitrogen and oxygen atoms in total. The largest absolute Gasteiger partial charge is 0.327 e. The minimum atomic E-state index is -1.18. The van der Waals surface area contributed by atoms with Crippen LogP contribution >= 0.6 is 7.80 Å². The Hall–Kier alpha value is 0.230. The van der Waals surface area contributed by atoms with Crippen LogP contribution in [0.2, 0.25) is 0 Å². The van der Waals surface area contributed by atoms with Gasteiger partial charge in [-0.15, -0.1) is 0 Å². The summed E-state index contributed by atoms with van der Waals surface area (Å²) in [6.45, 7) is 4.08. The number of hydrogen-bond acceptors (Lipinski definition) is 1. The van der Waals surface area contributed by atoms with E-state index in [9.17, 15) is 4.57 Å². The van der Waals surface area contributed by atoms with Gasteiger partial charge in [0.2, 0.25) is 0 Å². The molecule has 0 aliphatic heterocycles. The van der Waals surface area contributed by atoms with Crippen LogP contribution in [-0.2, 0) is 4.57 Å². The molecule has 0 aromatic rings. The van der Waals surface area contributed by atoms with Crippen molar-refractivity contribution in [1.29, 1.82) is 0 Å². The molecule has 0 N–H and O–H groups in total. The maximum atomic E-state index is 10.7. The normalized spacial score (nSPS) is 13.3. The average molecular weight is 176 g/mol. The van der Waals surface area contributed by atoms with Gasteiger partial charge in [0.15, 0.2) is 0 Å². The van der Waals surface area contributed by atoms with Crippen molar-refractivity contribution in [3.8, 4) is 0 Å². The van der Waals surface area contributed by atoms with Crippen LogP contribution in [0.25, 0.3) is 0 Å². The van der Waals surface area contributed by atoms with E-state index in [2.05, 4.69) is 6.92 Å². The molecule has 68 valence electrons. The van der Waals surface area contributed by atoms with E-state index in [0.717, 1.165) is 6.16 Å². The Morgan fingerprint density at radius 1 is 1.00 bits per heavy atom. The lowest BCUT2D eigenvalue weighted by Gasteiger charge is -1.98. The van der Waals surface area contributed by atoms with E-state index in [0.29, 0.717) is 0 Å². The average Bonchev–Trinajstić information content (AvgIpc) is 1.96. The van der Waals surface area contributed by atoms with Crippen LogP contribution in [0.3, 0.4) is 0 Å². The highest BCUT2D eigenvalue weighted by molar-refractivity contribution is 7.43. The molecule has 0 rings (SSSR count). The Morgan fingerprint density at radius 2 is 1.55 bits per heavy atom. The van der Waals surface area contributed by atoms with Crippen molar-refractivity contribution in [3.05, 3.63) is 0 Å². The van der Waals surface area contributed by atoms with Crippen molar-refractivity contribution < 1.29 is 4.57 Å². The van der Waals surface area contributed by atoms with E-state index in [1.165, 1.54) is 38.5 Å². The molecule has 1 atom stereocenters. The molecule has 0 fully saturated rings. The molecule has 0 spiro atoms. The van der Waals surface area contributed by atoms with Gasteiger partial charge in [-0.3, -0.25) is 0 Å². The molecule has 0 aromatic heterocycles. The van der Waals surface area contributed by atoms with Crippen molar-refractivity contribution in [2.24, 2.45) is 0 Å². The molecule has 0 saturated carbocycles. The summed E-state index contributed by atoms with van der Waals surface area (Å²) in [5.74, 6) is 0. The van der Waals surface area contributed by atoms with E-state index >= 15 is 0 Å². The molecule has 0 bridgehead atoms. The molecule has 1 unspecified atom stereocenters. The lowest BCUT2D eigenvalue weighted by atomic mass is 10.1. The SMILES string of the molecule is CCCCCCCC[PH](C)=O. The van der Waals surface area contributed by atoms with E-state index in [1.807, 2.05) is 6.66 Å². The standard InChI is InChI=1S/C9H21OP/c1-3-4-5-6-7-8-9-11(2)10/h11H,3-9H2,1-2H3. The van der Waals surface area contributed by atoms with Gasteiger partial charge in [-0.25, -0.2) is 0 Å². The maximum absolute atomic E-state index is 10.7. The monoisotopic (exact) mass is 176 g/mol. The summed E-state index contributed by atoms with van der Waals surface area (Å²) in [5.41, 5.74) is 0. The molecule has 0 saturated heterocycles. The molecule has 0 aliphatic carbocycles. The second kappa shape index (κ2) is 8.33. The molecule has 0 amide bonds. The highest BCUT2D eigenvalue weighted by atomic mass is 31.1. The van der Waals surface area contributed by atoms with Crippen LogP contribution in [0, 0.1) is 0 Å². The van der Waals surface area contributed by atoms with Gasteiger partial charge in [0.25, 0.3) is 0 Å². The third-order valence-corrected chi connectivity index (χ3v) is 2.94. The lowest BCUT2D eigenvalue weighted by Crippen LogP contribution is -1.80. The molecule has 0 aromatic carbocycles. The van der Waals surface area contributed by atoms with Gasteiger partial charge in [-0.2, -0.15) is 0 Å². The summed E-state index contributed by atoms with van der Waals surface area (Å²) < 4.78 is 10.7. The summed E-state index contributed by atoms with van der Waals surface area (Å²) in [5, 5.41) is 0. The number of rotatable bonds is 7. The van der Waals surface area contributed by atoms with E-state index < -0.39 is 7.80 Å². The highest BCUT2D eigenvalue weighted by Crippen LogP contribution is 2.17. The first kappa shape index (κ1) is 11.2. The molecule has 11 heavy (non-hydrogen) atoms. The number of hydrogen-bond donors (Lipinski definition) is 0. The van der Waals surface area contributed by atoms with Gasteiger partial charge >= 0.3 is 0 Å². The fraction of sp³-hybridized carbons (Fsp3) is 1.00. The second-order valence-corrected chi connectivity index (χ2v) is 5.12. The van der Waals surface area contributed by atoms with Crippen molar-refractivity contribution in [2.45, 2.75) is 45.4 Å². The van der Waals surface area contributed by atoms with Crippen LogP contribution in [-0.4, -0.2) is 12.8 Å². The fourth-order valence-corrected chi connectivity index (χ4v) is 1.90. The summed E-state index contributed by atoms with van der Waals surface area (Å²) in [7, 11) is -1.18. The van der Waals surface area contributed by atoms with Gasteiger partial charge in [-0.05, 0) is 19.2 Å². The zero-order valence-electron chi connectivity index (χ0n) is 7.86. The maximum Gasteiger partial charge on any atom is 0.0732 e. The highest BCUT2D eigenvalue weighted by Gasteiger charge is 1.91. The summed E-state index contributed by atoms with van der Waals surface area (Å²) in [6.07, 6.45) is 8.80. The van der Waals surface area contributed by atoms with Crippen molar-refractivity contribution in [1.82, 2.24) is 0 Å². The minimum Gasteiger partial charge on any atom is -0.327 e. The van der Waals surface area contributed by atoms with Crippen LogP contribution in [0.4, 0.5) is 0 Å². The Kier molecular flexibility index (Phi) is 8.50. The summed E-state index contributed by atoms with van der Waals surface area (Å²) >= 11 is 0. The fourth-order valence-electron chi connectivity index (χ4n) is 1.15. The number of unbranched alkanes of at least 4 members (excludes halogenated alkanes) is 5. The third kappa shape index (κ3) is 10.2. The minimum absolute atomic E-state index is 0.969. The molecular formula is C9H21OP. The van der Waals surface area contributed by atoms with E-state index in [-0.39, 0.29) is 0 Å². The molecule has 0 heterocycles. The molecule has 0 radical (unpaired) electrons. The smallest absolute Gasteiger partial charge is 0.0732 e. The zero-order chi connectivity index (χ0) is 8.53. The van der Waals surface area contributed by atoms with E-state index in [1.54, 1.807) is 0 Å². The molecule has 2 heteroatoms. The quantitative estimate of drug-likeness (QED) is 0.428. The Balaban J connectivity index is 2.85. The lowest BCUT2D eigenvalue weighted by molar-refractivity contribution is 0.584. The van der Waals surface area contributed by atoms with Gasteiger partial charge in [0, 0.05) is 0 Å². The van der Waals surface area contributed by atoms with Crippen LogP contribution < -0.4 is 0 Å². The van der Waals surface area contributed by atoms with Crippen LogP contribution in [0.15, 0.2) is 0 Å². The first-order chi connectivity index (χ1) is 5.27. The third-order valence-electron chi connectivity index (χ3n) is 1.88. The summed E-state index contributed by atoms with van der Waals surface area (Å²) in [6, 6.07) is 0. The Labute approximate surface area is 71.4 Å². The topological polar surface area (TPSA) is 17.1 Å².